The van der Waals surface area contributed by atoms with Gasteiger partial charge in [0.05, 0.1) is 7.11 Å². The van der Waals surface area contributed by atoms with Gasteiger partial charge < -0.3 is 9.47 Å². The molecule has 0 radical (unpaired) electrons. The summed E-state index contributed by atoms with van der Waals surface area (Å²) in [6, 6.07) is 11.2. The second-order valence-corrected chi connectivity index (χ2v) is 5.33. The second-order valence-electron chi connectivity index (χ2n) is 5.33. The van der Waals surface area contributed by atoms with Crippen LogP contribution in [0.25, 0.3) is 6.08 Å². The highest BCUT2D eigenvalue weighted by atomic mass is 19.1. The number of carbonyl (C=O) groups excluding carboxylic acids is 2. The lowest BCUT2D eigenvalue weighted by Crippen LogP contribution is -2.28. The number of aryl methyl sites for hydroxylation is 1. The van der Waals surface area contributed by atoms with Gasteiger partial charge in [-0.2, -0.15) is 0 Å². The molecule has 0 aliphatic carbocycles. The van der Waals surface area contributed by atoms with Crippen molar-refractivity contribution in [2.75, 3.05) is 7.11 Å². The minimum atomic E-state index is -0.970. The van der Waals surface area contributed by atoms with E-state index in [1.54, 1.807) is 24.3 Å². The van der Waals surface area contributed by atoms with Gasteiger partial charge in [-0.15, -0.1) is 0 Å². The average Bonchev–Trinajstić information content (AvgIpc) is 2.65. The molecule has 0 bridgehead atoms. The van der Waals surface area contributed by atoms with Crippen LogP contribution in [-0.4, -0.2) is 19.2 Å². The van der Waals surface area contributed by atoms with E-state index >= 15 is 0 Å². The number of benzene rings is 2. The molecule has 26 heavy (non-hydrogen) atoms. The molecule has 0 saturated heterocycles. The monoisotopic (exact) mass is 361 g/mol. The molecule has 7 heteroatoms. The lowest BCUT2D eigenvalue weighted by molar-refractivity contribution is -0.136. The molecule has 0 unspecified atom stereocenters. The summed E-state index contributed by atoms with van der Waals surface area (Å²) in [5.74, 6) is -2.69. The van der Waals surface area contributed by atoms with E-state index < -0.39 is 35.0 Å². The van der Waals surface area contributed by atoms with Gasteiger partial charge in [0, 0.05) is 5.56 Å². The van der Waals surface area contributed by atoms with Gasteiger partial charge in [0.2, 0.25) is 0 Å². The highest BCUT2D eigenvalue weighted by Gasteiger charge is 2.18. The Morgan fingerprint density at radius 2 is 1.81 bits per heavy atom. The molecule has 0 heterocycles. The topological polar surface area (TPSA) is 64.6 Å². The van der Waals surface area contributed by atoms with Crippen molar-refractivity contribution >= 4 is 18.1 Å². The molecule has 0 aliphatic heterocycles. The second kappa shape index (κ2) is 8.75. The summed E-state index contributed by atoms with van der Waals surface area (Å²) in [7, 11) is 1.08. The maximum absolute atomic E-state index is 14.1. The molecule has 0 spiro atoms. The van der Waals surface area contributed by atoms with E-state index in [-0.39, 0.29) is 12.2 Å². The van der Waals surface area contributed by atoms with Crippen molar-refractivity contribution in [1.29, 1.82) is 0 Å². The molecule has 0 fully saturated rings. The van der Waals surface area contributed by atoms with Gasteiger partial charge in [-0.05, 0) is 30.2 Å². The molecule has 2 rings (SSSR count). The Bertz CT molecular complexity index is 835. The van der Waals surface area contributed by atoms with E-state index in [2.05, 4.69) is 10.1 Å². The highest BCUT2D eigenvalue weighted by molar-refractivity contribution is 5.96. The van der Waals surface area contributed by atoms with Crippen LogP contribution in [0.1, 0.15) is 16.7 Å². The van der Waals surface area contributed by atoms with Crippen LogP contribution in [0.3, 0.4) is 0 Å². The number of rotatable bonds is 5. The average molecular weight is 361 g/mol. The first-order valence-corrected chi connectivity index (χ1v) is 7.64. The largest absolute Gasteiger partial charge is 0.464 e. The minimum Gasteiger partial charge on any atom is -0.464 e. The van der Waals surface area contributed by atoms with Crippen LogP contribution in [0.2, 0.25) is 0 Å². The number of alkyl carbamates (subject to hydrolysis) is 1. The van der Waals surface area contributed by atoms with Crippen molar-refractivity contribution in [1.82, 2.24) is 5.32 Å². The van der Waals surface area contributed by atoms with Gasteiger partial charge in [-0.25, -0.2) is 18.4 Å². The summed E-state index contributed by atoms with van der Waals surface area (Å²) in [5.41, 5.74) is 0.0123. The smallest absolute Gasteiger partial charge is 0.412 e. The van der Waals surface area contributed by atoms with Crippen LogP contribution in [0.15, 0.2) is 48.2 Å². The molecular weight excluding hydrogens is 344 g/mol. The molecule has 1 N–H and O–H groups in total. The predicted molar refractivity (Wildman–Crippen MR) is 90.9 cm³/mol. The maximum atomic E-state index is 14.1. The zero-order valence-electron chi connectivity index (χ0n) is 14.2. The van der Waals surface area contributed by atoms with Crippen LogP contribution >= 0.6 is 0 Å². The van der Waals surface area contributed by atoms with Crippen LogP contribution < -0.4 is 5.32 Å². The van der Waals surface area contributed by atoms with Gasteiger partial charge >= 0.3 is 12.1 Å². The van der Waals surface area contributed by atoms with Crippen molar-refractivity contribution < 1.29 is 27.8 Å². The Morgan fingerprint density at radius 1 is 1.12 bits per heavy atom. The third-order valence-electron chi connectivity index (χ3n) is 3.46. The van der Waals surface area contributed by atoms with Gasteiger partial charge in [-0.3, -0.25) is 5.32 Å². The Labute approximate surface area is 149 Å². The zero-order valence-corrected chi connectivity index (χ0v) is 14.2. The first-order chi connectivity index (χ1) is 12.4. The summed E-state index contributed by atoms with van der Waals surface area (Å²) in [6.07, 6.45) is -0.0910. The Kier molecular flexibility index (Phi) is 6.43. The third-order valence-corrected chi connectivity index (χ3v) is 3.46. The van der Waals surface area contributed by atoms with Gasteiger partial charge in [0.15, 0.2) is 0 Å². The van der Waals surface area contributed by atoms with E-state index in [0.29, 0.717) is 0 Å². The number of hydrogen-bond acceptors (Lipinski definition) is 4. The lowest BCUT2D eigenvalue weighted by Gasteiger charge is -2.10. The quantitative estimate of drug-likeness (QED) is 0.651. The number of amides is 1. The number of methoxy groups -OCH3 is 1. The van der Waals surface area contributed by atoms with E-state index in [9.17, 15) is 18.4 Å². The van der Waals surface area contributed by atoms with Crippen molar-refractivity contribution in [2.45, 2.75) is 13.5 Å². The summed E-state index contributed by atoms with van der Waals surface area (Å²) >= 11 is 0. The number of ether oxygens (including phenoxy) is 2. The van der Waals surface area contributed by atoms with Crippen LogP contribution in [-0.2, 0) is 20.9 Å². The first kappa shape index (κ1) is 19.1. The summed E-state index contributed by atoms with van der Waals surface area (Å²) < 4.78 is 37.5. The van der Waals surface area contributed by atoms with Crippen LogP contribution in [0.5, 0.6) is 0 Å². The molecule has 5 nitrogen and oxygen atoms in total. The Hall–Kier alpha value is -3.22. The molecule has 2 aromatic carbocycles. The van der Waals surface area contributed by atoms with Crippen molar-refractivity contribution in [3.05, 3.63) is 76.5 Å². The predicted octanol–water partition coefficient (Wildman–Crippen LogP) is 3.71. The minimum absolute atomic E-state index is 0.0334. The molecule has 136 valence electrons. The number of esters is 1. The summed E-state index contributed by atoms with van der Waals surface area (Å²) in [5, 5.41) is 2.15. The lowest BCUT2D eigenvalue weighted by atomic mass is 10.1. The van der Waals surface area contributed by atoms with Gasteiger partial charge in [0.25, 0.3) is 0 Å². The van der Waals surface area contributed by atoms with Crippen molar-refractivity contribution in [3.63, 3.8) is 0 Å². The molecule has 0 aromatic heterocycles. The normalized spacial score (nSPS) is 11.0. The fourth-order valence-electron chi connectivity index (χ4n) is 2.08. The summed E-state index contributed by atoms with van der Waals surface area (Å²) in [6.45, 7) is 1.42. The Morgan fingerprint density at radius 3 is 2.46 bits per heavy atom. The molecule has 0 atom stereocenters. The molecule has 0 saturated carbocycles. The van der Waals surface area contributed by atoms with E-state index in [0.717, 1.165) is 24.8 Å². The number of carbonyl (C=O) groups is 2. The fourth-order valence-corrected chi connectivity index (χ4v) is 2.08. The number of nitrogens with one attached hydrogen (secondary N) is 1. The fraction of sp³-hybridized carbons (Fsp3) is 0.158. The van der Waals surface area contributed by atoms with Gasteiger partial charge in [-0.1, -0.05) is 36.4 Å². The van der Waals surface area contributed by atoms with Crippen LogP contribution in [0.4, 0.5) is 13.6 Å². The van der Waals surface area contributed by atoms with E-state index in [1.165, 1.54) is 13.0 Å². The highest BCUT2D eigenvalue weighted by Crippen LogP contribution is 2.19. The standard InChI is InChI=1S/C19H17F2NO4/c1-12-8-9-15(20)14(17(12)21)10-16(18(23)25-2)22-19(24)26-11-13-6-4-3-5-7-13/h3-10H,11H2,1-2H3,(H,22,24)/b16-10-. The van der Waals surface area contributed by atoms with Crippen molar-refractivity contribution in [3.8, 4) is 0 Å². The first-order valence-electron chi connectivity index (χ1n) is 7.64. The van der Waals surface area contributed by atoms with Crippen LogP contribution in [0, 0.1) is 18.6 Å². The Balaban J connectivity index is 2.19. The zero-order chi connectivity index (χ0) is 19.1. The molecule has 2 aromatic rings. The van der Waals surface area contributed by atoms with E-state index in [1.807, 2.05) is 6.07 Å². The maximum Gasteiger partial charge on any atom is 0.412 e. The number of hydrogen-bond donors (Lipinski definition) is 1. The molecule has 1 amide bonds. The number of halogens is 2. The third kappa shape index (κ3) is 4.89. The SMILES string of the molecule is COC(=O)/C(=C/c1c(F)ccc(C)c1F)NC(=O)OCc1ccccc1. The summed E-state index contributed by atoms with van der Waals surface area (Å²) in [4.78, 5) is 23.7. The van der Waals surface area contributed by atoms with E-state index in [4.69, 9.17) is 4.74 Å². The molecular formula is C19H17F2NO4. The van der Waals surface area contributed by atoms with Crippen molar-refractivity contribution in [2.24, 2.45) is 0 Å². The van der Waals surface area contributed by atoms with Gasteiger partial charge in [0.1, 0.15) is 23.9 Å². The molecule has 0 aliphatic rings.